The van der Waals surface area contributed by atoms with Crippen molar-refractivity contribution in [3.05, 3.63) is 20.8 Å². The fourth-order valence-corrected chi connectivity index (χ4v) is 2.78. The van der Waals surface area contributed by atoms with Crippen LogP contribution < -0.4 is 5.32 Å². The molecule has 0 aliphatic carbocycles. The van der Waals surface area contributed by atoms with Gasteiger partial charge in [0, 0.05) is 34.1 Å². The van der Waals surface area contributed by atoms with Gasteiger partial charge in [0.05, 0.1) is 6.54 Å². The Bertz CT molecular complexity index is 411. The van der Waals surface area contributed by atoms with Gasteiger partial charge in [0.2, 0.25) is 5.91 Å². The van der Waals surface area contributed by atoms with Gasteiger partial charge in [-0.25, -0.2) is 4.79 Å². The van der Waals surface area contributed by atoms with Crippen molar-refractivity contribution in [3.8, 4) is 0 Å². The summed E-state index contributed by atoms with van der Waals surface area (Å²) in [6.45, 7) is 0.469. The summed E-state index contributed by atoms with van der Waals surface area (Å²) in [5, 5.41) is 4.21. The third kappa shape index (κ3) is 5.06. The highest BCUT2D eigenvalue weighted by atomic mass is 79.9. The summed E-state index contributed by atoms with van der Waals surface area (Å²) in [6.07, 6.45) is 0.145. The van der Waals surface area contributed by atoms with Crippen LogP contribution in [0.4, 0.5) is 4.79 Å². The quantitative estimate of drug-likeness (QED) is 0.858. The van der Waals surface area contributed by atoms with E-state index < -0.39 is 6.03 Å². The van der Waals surface area contributed by atoms with Crippen LogP contribution >= 0.6 is 38.9 Å². The van der Waals surface area contributed by atoms with Crippen LogP contribution in [0.1, 0.15) is 11.3 Å². The lowest BCUT2D eigenvalue weighted by molar-refractivity contribution is -0.119. The first-order valence-electron chi connectivity index (χ1n) is 4.86. The molecule has 0 radical (unpaired) electrons. The summed E-state index contributed by atoms with van der Waals surface area (Å²) in [4.78, 5) is 25.2. The van der Waals surface area contributed by atoms with Crippen molar-refractivity contribution in [3.63, 3.8) is 0 Å². The Labute approximate surface area is 117 Å². The molecule has 1 rings (SSSR count). The number of nitrogens with zero attached hydrogens (tertiary/aromatic N) is 1. The van der Waals surface area contributed by atoms with Crippen molar-refractivity contribution in [1.29, 1.82) is 0 Å². The van der Waals surface area contributed by atoms with Crippen molar-refractivity contribution < 1.29 is 9.59 Å². The first-order valence-corrected chi connectivity index (χ1v) is 7.07. The number of imide groups is 1. The van der Waals surface area contributed by atoms with Crippen LogP contribution in [0.5, 0.6) is 0 Å². The number of amides is 3. The van der Waals surface area contributed by atoms with E-state index in [4.69, 9.17) is 11.6 Å². The Hall–Kier alpha value is -0.590. The Morgan fingerprint density at radius 2 is 2.29 bits per heavy atom. The minimum Gasteiger partial charge on any atom is -0.322 e. The largest absolute Gasteiger partial charge is 0.324 e. The van der Waals surface area contributed by atoms with Gasteiger partial charge < -0.3 is 4.90 Å². The van der Waals surface area contributed by atoms with Crippen LogP contribution in [0.3, 0.4) is 0 Å². The van der Waals surface area contributed by atoms with E-state index in [2.05, 4.69) is 21.2 Å². The van der Waals surface area contributed by atoms with Gasteiger partial charge in [-0.2, -0.15) is 0 Å². The van der Waals surface area contributed by atoms with Crippen molar-refractivity contribution in [1.82, 2.24) is 10.2 Å². The number of halogens is 2. The summed E-state index contributed by atoms with van der Waals surface area (Å²) in [7, 11) is 1.64. The highest BCUT2D eigenvalue weighted by Crippen LogP contribution is 2.20. The second kappa shape index (κ2) is 6.98. The summed E-state index contributed by atoms with van der Waals surface area (Å²) in [5.74, 6) is -0.148. The molecule has 94 valence electrons. The zero-order valence-electron chi connectivity index (χ0n) is 9.20. The molecule has 0 saturated heterocycles. The van der Waals surface area contributed by atoms with Gasteiger partial charge in [-0.15, -0.1) is 22.9 Å². The number of hydrogen-bond acceptors (Lipinski definition) is 3. The van der Waals surface area contributed by atoms with Crippen molar-refractivity contribution >= 4 is 50.8 Å². The molecule has 7 heteroatoms. The Morgan fingerprint density at radius 3 is 2.82 bits per heavy atom. The van der Waals surface area contributed by atoms with Crippen LogP contribution in [0.15, 0.2) is 15.9 Å². The van der Waals surface area contributed by atoms with Crippen LogP contribution in [-0.4, -0.2) is 29.8 Å². The molecule has 1 aromatic rings. The third-order valence-corrected chi connectivity index (χ3v) is 3.80. The molecule has 0 fully saturated rings. The maximum Gasteiger partial charge on any atom is 0.324 e. The molecule has 0 atom stereocenters. The van der Waals surface area contributed by atoms with Crippen LogP contribution in [0.25, 0.3) is 0 Å². The number of alkyl halides is 1. The summed E-state index contributed by atoms with van der Waals surface area (Å²) < 4.78 is 0.990. The topological polar surface area (TPSA) is 49.4 Å². The van der Waals surface area contributed by atoms with Gasteiger partial charge in [-0.1, -0.05) is 0 Å². The van der Waals surface area contributed by atoms with Gasteiger partial charge >= 0.3 is 6.03 Å². The molecule has 0 spiro atoms. The van der Waals surface area contributed by atoms with E-state index in [-0.39, 0.29) is 18.2 Å². The number of carbonyl (C=O) groups excluding carboxylic acids is 2. The molecule has 4 nitrogen and oxygen atoms in total. The minimum atomic E-state index is -0.412. The second-order valence-corrected chi connectivity index (χ2v) is 5.67. The predicted molar refractivity (Wildman–Crippen MR) is 72.4 cm³/mol. The minimum absolute atomic E-state index is 0.145. The molecular weight excluding hydrogens is 328 g/mol. The van der Waals surface area contributed by atoms with Gasteiger partial charge in [0.15, 0.2) is 0 Å². The van der Waals surface area contributed by atoms with E-state index >= 15 is 0 Å². The molecule has 3 amide bonds. The van der Waals surface area contributed by atoms with Gasteiger partial charge in [-0.3, -0.25) is 10.1 Å². The van der Waals surface area contributed by atoms with Crippen LogP contribution in [-0.2, 0) is 11.3 Å². The molecule has 1 heterocycles. The van der Waals surface area contributed by atoms with Crippen LogP contribution in [0.2, 0.25) is 0 Å². The summed E-state index contributed by atoms with van der Waals surface area (Å²) in [5.41, 5.74) is 0. The fraction of sp³-hybridized carbons (Fsp3) is 0.400. The lowest BCUT2D eigenvalue weighted by Gasteiger charge is -2.16. The van der Waals surface area contributed by atoms with E-state index in [0.717, 1.165) is 9.35 Å². The van der Waals surface area contributed by atoms with E-state index in [0.29, 0.717) is 6.54 Å². The molecule has 0 bridgehead atoms. The third-order valence-electron chi connectivity index (χ3n) is 1.93. The fourth-order valence-electron chi connectivity index (χ4n) is 1.11. The number of rotatable bonds is 4. The normalized spacial score (nSPS) is 10.1. The second-order valence-electron chi connectivity index (χ2n) is 3.38. The standard InChI is InChI=1S/C10H12BrClN2O2S/c1-14(5-8-4-7(11)6-17-8)10(16)13-9(15)2-3-12/h4,6H,2-3,5H2,1H3,(H,13,15,16). The van der Waals surface area contributed by atoms with Crippen molar-refractivity contribution in [2.45, 2.75) is 13.0 Å². The van der Waals surface area contributed by atoms with Crippen molar-refractivity contribution in [2.24, 2.45) is 0 Å². The molecular formula is C10H12BrClN2O2S. The highest BCUT2D eigenvalue weighted by Gasteiger charge is 2.13. The van der Waals surface area contributed by atoms with E-state index in [1.165, 1.54) is 4.90 Å². The zero-order valence-corrected chi connectivity index (χ0v) is 12.4. The maximum atomic E-state index is 11.6. The number of carbonyl (C=O) groups is 2. The Morgan fingerprint density at radius 1 is 1.59 bits per heavy atom. The van der Waals surface area contributed by atoms with E-state index in [1.807, 2.05) is 11.4 Å². The van der Waals surface area contributed by atoms with E-state index in [9.17, 15) is 9.59 Å². The zero-order chi connectivity index (χ0) is 12.8. The first kappa shape index (κ1) is 14.5. The molecule has 0 saturated carbocycles. The lowest BCUT2D eigenvalue weighted by atomic mass is 10.4. The van der Waals surface area contributed by atoms with E-state index in [1.54, 1.807) is 18.4 Å². The summed E-state index contributed by atoms with van der Waals surface area (Å²) >= 11 is 10.3. The SMILES string of the molecule is CN(Cc1cc(Br)cs1)C(=O)NC(=O)CCCl. The smallest absolute Gasteiger partial charge is 0.322 e. The number of urea groups is 1. The molecule has 17 heavy (non-hydrogen) atoms. The van der Waals surface area contributed by atoms with Crippen LogP contribution in [0, 0.1) is 0 Å². The molecule has 1 aromatic heterocycles. The van der Waals surface area contributed by atoms with Gasteiger partial charge in [-0.05, 0) is 22.0 Å². The average Bonchev–Trinajstić information content (AvgIpc) is 2.64. The number of nitrogens with one attached hydrogen (secondary N) is 1. The lowest BCUT2D eigenvalue weighted by Crippen LogP contribution is -2.40. The molecule has 0 aliphatic rings. The Kier molecular flexibility index (Phi) is 5.94. The Balaban J connectivity index is 2.44. The van der Waals surface area contributed by atoms with Gasteiger partial charge in [0.25, 0.3) is 0 Å². The molecule has 0 aromatic carbocycles. The predicted octanol–water partition coefficient (Wildman–Crippen LogP) is 2.81. The molecule has 0 unspecified atom stereocenters. The van der Waals surface area contributed by atoms with Gasteiger partial charge in [0.1, 0.15) is 0 Å². The first-order chi connectivity index (χ1) is 8.02. The average molecular weight is 340 g/mol. The molecule has 1 N–H and O–H groups in total. The monoisotopic (exact) mass is 338 g/mol. The molecule has 0 aliphatic heterocycles. The maximum absolute atomic E-state index is 11.6. The highest BCUT2D eigenvalue weighted by molar-refractivity contribution is 9.10. The van der Waals surface area contributed by atoms with Crippen molar-refractivity contribution in [2.75, 3.05) is 12.9 Å². The number of thiophene rings is 1. The number of hydrogen-bond donors (Lipinski definition) is 1. The summed E-state index contributed by atoms with van der Waals surface area (Å²) in [6, 6.07) is 1.53.